The number of fused-ring (bicyclic) bond motifs is 1. The van der Waals surface area contributed by atoms with Gasteiger partial charge in [-0.25, -0.2) is 0 Å². The third-order valence-electron chi connectivity index (χ3n) is 5.85. The van der Waals surface area contributed by atoms with Crippen molar-refractivity contribution in [2.24, 2.45) is 5.73 Å². The van der Waals surface area contributed by atoms with Gasteiger partial charge in [-0.2, -0.15) is 0 Å². The fraction of sp³-hybridized carbons (Fsp3) is 0.435. The fourth-order valence-electron chi connectivity index (χ4n) is 4.12. The zero-order valence-electron chi connectivity index (χ0n) is 18.8. The van der Waals surface area contributed by atoms with Crippen molar-refractivity contribution in [1.29, 1.82) is 0 Å². The Kier molecular flexibility index (Phi) is 9.13. The smallest absolute Gasteiger partial charge is 0.335 e. The Balaban J connectivity index is 1.61. The minimum absolute atomic E-state index is 0.0309. The number of likely N-dealkylation sites (tertiary alicyclic amines) is 1. The lowest BCUT2D eigenvalue weighted by molar-refractivity contribution is -0.142. The van der Waals surface area contributed by atoms with Crippen molar-refractivity contribution >= 4 is 47.9 Å². The van der Waals surface area contributed by atoms with Crippen molar-refractivity contribution in [1.82, 2.24) is 10.2 Å². The second-order valence-corrected chi connectivity index (χ2v) is 11.5. The van der Waals surface area contributed by atoms with Crippen molar-refractivity contribution in [2.75, 3.05) is 24.3 Å². The molecule has 3 rings (SSSR count). The maximum absolute atomic E-state index is 13.0. The highest BCUT2D eigenvalue weighted by atomic mass is 32.2. The molecule has 2 aromatic rings. The minimum atomic E-state index is -4.12. The number of nitrogens with one attached hydrogen (secondary N) is 1. The van der Waals surface area contributed by atoms with Crippen molar-refractivity contribution in [3.8, 4) is 0 Å². The molecule has 0 spiro atoms. The van der Waals surface area contributed by atoms with E-state index < -0.39 is 25.5 Å². The first kappa shape index (κ1) is 26.2. The van der Waals surface area contributed by atoms with Gasteiger partial charge in [-0.3, -0.25) is 18.9 Å². The summed E-state index contributed by atoms with van der Waals surface area (Å²) in [5.74, 6) is -1.54. The zero-order valence-corrected chi connectivity index (χ0v) is 20.5. The third kappa shape index (κ3) is 7.30. The van der Waals surface area contributed by atoms with Crippen LogP contribution in [0.3, 0.4) is 0 Å². The van der Waals surface area contributed by atoms with Crippen LogP contribution in [0.1, 0.15) is 37.2 Å². The number of hydrogen-bond acceptors (Lipinski definition) is 5. The first-order chi connectivity index (χ1) is 16.2. The summed E-state index contributed by atoms with van der Waals surface area (Å²) in [6.45, 7) is 0.479. The highest BCUT2D eigenvalue weighted by Crippen LogP contribution is 2.38. The standard InChI is InChI=1S/C23H30N3O6PS/c24-22(28)19(18-9-8-16-5-1-2-6-17(16)13-18)14-25-23(29)20-7-3-4-11-26(20)21(27)10-12-34-15-33(30,31)32/h1-2,5-6,8-9,13,19-20H,3-4,7,10-12,14-15H2,(H2,24,28)(H,25,29)(H2,30,31,32). The van der Waals surface area contributed by atoms with Gasteiger partial charge in [0.25, 0.3) is 0 Å². The number of piperidine rings is 1. The maximum Gasteiger partial charge on any atom is 0.335 e. The Labute approximate surface area is 202 Å². The predicted molar refractivity (Wildman–Crippen MR) is 132 cm³/mol. The van der Waals surface area contributed by atoms with Crippen LogP contribution in [0.2, 0.25) is 0 Å². The van der Waals surface area contributed by atoms with Gasteiger partial charge < -0.3 is 25.7 Å². The number of rotatable bonds is 10. The van der Waals surface area contributed by atoms with Crippen molar-refractivity contribution < 1.29 is 28.7 Å². The van der Waals surface area contributed by atoms with E-state index in [1.807, 2.05) is 42.5 Å². The molecule has 11 heteroatoms. The van der Waals surface area contributed by atoms with E-state index in [-0.39, 0.29) is 36.0 Å². The van der Waals surface area contributed by atoms with Gasteiger partial charge in [0.2, 0.25) is 17.7 Å². The van der Waals surface area contributed by atoms with Crippen LogP contribution in [0.15, 0.2) is 42.5 Å². The molecule has 34 heavy (non-hydrogen) atoms. The molecule has 3 amide bonds. The quantitative estimate of drug-likeness (QED) is 0.284. The summed E-state index contributed by atoms with van der Waals surface area (Å²) in [5.41, 5.74) is 6.01. The van der Waals surface area contributed by atoms with Crippen LogP contribution >= 0.6 is 19.4 Å². The molecular weight excluding hydrogens is 477 g/mol. The molecule has 0 aromatic heterocycles. The van der Waals surface area contributed by atoms with Crippen LogP contribution < -0.4 is 11.1 Å². The topological polar surface area (TPSA) is 150 Å². The molecule has 9 nitrogen and oxygen atoms in total. The Morgan fingerprint density at radius 2 is 1.88 bits per heavy atom. The van der Waals surface area contributed by atoms with Gasteiger partial charge in [-0.05, 0) is 35.6 Å². The van der Waals surface area contributed by atoms with Crippen LogP contribution in [0.25, 0.3) is 10.8 Å². The van der Waals surface area contributed by atoms with Gasteiger partial charge in [0.1, 0.15) is 6.04 Å². The number of nitrogens with two attached hydrogens (primary N) is 1. The number of carbonyl (C=O) groups excluding carboxylic acids is 3. The monoisotopic (exact) mass is 507 g/mol. The van der Waals surface area contributed by atoms with Gasteiger partial charge in [0.15, 0.2) is 0 Å². The molecule has 1 saturated heterocycles. The van der Waals surface area contributed by atoms with Crippen molar-refractivity contribution in [3.63, 3.8) is 0 Å². The summed E-state index contributed by atoms with van der Waals surface area (Å²) in [7, 11) is -4.12. The molecule has 0 saturated carbocycles. The zero-order chi connectivity index (χ0) is 24.7. The van der Waals surface area contributed by atoms with Crippen LogP contribution in [-0.4, -0.2) is 62.8 Å². The predicted octanol–water partition coefficient (Wildman–Crippen LogP) is 2.16. The first-order valence-corrected chi connectivity index (χ1v) is 14.1. The average Bonchev–Trinajstić information content (AvgIpc) is 2.80. The molecule has 2 unspecified atom stereocenters. The lowest BCUT2D eigenvalue weighted by Gasteiger charge is -2.35. The summed E-state index contributed by atoms with van der Waals surface area (Å²) < 4.78 is 11.0. The number of hydrogen-bond donors (Lipinski definition) is 4. The first-order valence-electron chi connectivity index (χ1n) is 11.1. The van der Waals surface area contributed by atoms with Crippen LogP contribution in [0.4, 0.5) is 0 Å². The molecule has 1 aliphatic rings. The molecule has 1 aliphatic heterocycles. The molecule has 0 bridgehead atoms. The second kappa shape index (κ2) is 11.8. The fourth-order valence-corrected chi connectivity index (χ4v) is 5.90. The van der Waals surface area contributed by atoms with Crippen molar-refractivity contribution in [3.05, 3.63) is 48.0 Å². The van der Waals surface area contributed by atoms with E-state index >= 15 is 0 Å². The van der Waals surface area contributed by atoms with E-state index in [2.05, 4.69) is 5.32 Å². The number of amides is 3. The van der Waals surface area contributed by atoms with E-state index in [4.69, 9.17) is 15.5 Å². The molecule has 0 radical (unpaired) electrons. The number of benzene rings is 2. The Morgan fingerprint density at radius 1 is 1.15 bits per heavy atom. The molecule has 184 valence electrons. The van der Waals surface area contributed by atoms with Gasteiger partial charge in [-0.15, -0.1) is 11.8 Å². The highest BCUT2D eigenvalue weighted by molar-refractivity contribution is 8.04. The summed E-state index contributed by atoms with van der Waals surface area (Å²) >= 11 is 1.02. The maximum atomic E-state index is 13.0. The third-order valence-corrected chi connectivity index (χ3v) is 8.41. The summed E-state index contributed by atoms with van der Waals surface area (Å²) in [6, 6.07) is 12.7. The Morgan fingerprint density at radius 3 is 2.59 bits per heavy atom. The highest BCUT2D eigenvalue weighted by Gasteiger charge is 2.32. The Bertz CT molecular complexity index is 1090. The molecule has 2 aromatic carbocycles. The Hall–Kier alpha value is -2.39. The van der Waals surface area contributed by atoms with Crippen molar-refractivity contribution in [2.45, 2.75) is 37.6 Å². The van der Waals surface area contributed by atoms with E-state index in [0.717, 1.165) is 35.4 Å². The SMILES string of the molecule is NC(=O)C(CNC(=O)C1CCCCN1C(=O)CCSCP(=O)(O)O)c1ccc2ccccc2c1. The number of thioether (sulfide) groups is 1. The van der Waals surface area contributed by atoms with Crippen LogP contribution in [-0.2, 0) is 18.9 Å². The van der Waals surface area contributed by atoms with Crippen LogP contribution in [0, 0.1) is 0 Å². The van der Waals surface area contributed by atoms with E-state index in [1.165, 1.54) is 4.90 Å². The van der Waals surface area contributed by atoms with E-state index in [0.29, 0.717) is 18.5 Å². The van der Waals surface area contributed by atoms with Gasteiger partial charge in [0, 0.05) is 25.3 Å². The minimum Gasteiger partial charge on any atom is -0.369 e. The number of carbonyl (C=O) groups is 3. The second-order valence-electron chi connectivity index (χ2n) is 8.36. The van der Waals surface area contributed by atoms with E-state index in [9.17, 15) is 18.9 Å². The van der Waals surface area contributed by atoms with Gasteiger partial charge in [0.05, 0.1) is 11.4 Å². The summed E-state index contributed by atoms with van der Waals surface area (Å²) in [6.07, 6.45) is 2.20. The number of primary amides is 1. The molecule has 1 fully saturated rings. The van der Waals surface area contributed by atoms with E-state index in [1.54, 1.807) is 0 Å². The lowest BCUT2D eigenvalue weighted by atomic mass is 9.95. The largest absolute Gasteiger partial charge is 0.369 e. The molecule has 1 heterocycles. The van der Waals surface area contributed by atoms with Crippen LogP contribution in [0.5, 0.6) is 0 Å². The molecule has 5 N–H and O–H groups in total. The molecule has 2 atom stereocenters. The normalized spacial score (nSPS) is 17.4. The summed E-state index contributed by atoms with van der Waals surface area (Å²) in [5, 5.41) is 4.82. The molecular formula is C23H30N3O6PS. The lowest BCUT2D eigenvalue weighted by Crippen LogP contribution is -2.52. The van der Waals surface area contributed by atoms with Gasteiger partial charge >= 0.3 is 7.60 Å². The summed E-state index contributed by atoms with van der Waals surface area (Å²) in [4.78, 5) is 57.2. The molecule has 0 aliphatic carbocycles. The van der Waals surface area contributed by atoms with Gasteiger partial charge in [-0.1, -0.05) is 42.5 Å². The average molecular weight is 508 g/mol. The number of nitrogens with zero attached hydrogens (tertiary/aromatic N) is 1.